The summed E-state index contributed by atoms with van der Waals surface area (Å²) in [6.07, 6.45) is 2.96. The number of aromatic nitrogens is 1. The van der Waals surface area contributed by atoms with Crippen LogP contribution in [0.1, 0.15) is 46.6 Å². The Kier molecular flexibility index (Phi) is 13.3. The van der Waals surface area contributed by atoms with Gasteiger partial charge in [0.05, 0.1) is 25.9 Å². The molecule has 0 saturated carbocycles. The normalized spacial score (nSPS) is 17.2. The second-order valence-corrected chi connectivity index (χ2v) is 8.13. The highest BCUT2D eigenvalue weighted by Gasteiger charge is 2.17. The fourth-order valence-electron chi connectivity index (χ4n) is 3.44. The zero-order valence-corrected chi connectivity index (χ0v) is 21.5. The smallest absolute Gasteiger partial charge is 0.213 e. The molecule has 0 bridgehead atoms. The summed E-state index contributed by atoms with van der Waals surface area (Å²) in [5, 5.41) is 6.79. The van der Waals surface area contributed by atoms with Crippen molar-refractivity contribution in [1.82, 2.24) is 20.5 Å². The van der Waals surface area contributed by atoms with E-state index in [1.165, 1.54) is 0 Å². The Morgan fingerprint density at radius 3 is 2.63 bits per heavy atom. The molecule has 1 aliphatic rings. The lowest BCUT2D eigenvalue weighted by molar-refractivity contribution is 0.0211. The maximum Gasteiger partial charge on any atom is 0.213 e. The highest BCUT2D eigenvalue weighted by atomic mass is 127. The van der Waals surface area contributed by atoms with E-state index in [9.17, 15) is 0 Å². The average Bonchev–Trinajstić information content (AvgIpc) is 2.70. The maximum atomic E-state index is 5.96. The van der Waals surface area contributed by atoms with E-state index in [1.807, 2.05) is 12.1 Å². The molecule has 172 valence electrons. The third-order valence-corrected chi connectivity index (χ3v) is 4.92. The lowest BCUT2D eigenvalue weighted by atomic mass is 10.1. The number of pyridine rings is 1. The fourth-order valence-corrected chi connectivity index (χ4v) is 3.44. The van der Waals surface area contributed by atoms with E-state index in [0.717, 1.165) is 57.3 Å². The molecule has 2 N–H and O–H groups in total. The first kappa shape index (κ1) is 26.9. The predicted octanol–water partition coefficient (Wildman–Crippen LogP) is 3.29. The van der Waals surface area contributed by atoms with Crippen LogP contribution in [-0.2, 0) is 11.3 Å². The van der Waals surface area contributed by atoms with E-state index < -0.39 is 0 Å². The Morgan fingerprint density at radius 2 is 1.97 bits per heavy atom. The van der Waals surface area contributed by atoms with Crippen LogP contribution in [0, 0.1) is 5.92 Å². The fraction of sp³-hybridized carbons (Fsp3) is 0.727. The molecule has 2 heterocycles. The van der Waals surface area contributed by atoms with Crippen LogP contribution in [-0.4, -0.2) is 67.4 Å². The van der Waals surface area contributed by atoms with Crippen molar-refractivity contribution in [3.05, 3.63) is 23.9 Å². The molecule has 2 atom stereocenters. The number of guanidine groups is 1. The molecule has 1 aliphatic heterocycles. The van der Waals surface area contributed by atoms with Crippen LogP contribution >= 0.6 is 24.0 Å². The molecule has 0 amide bonds. The van der Waals surface area contributed by atoms with Gasteiger partial charge in [0.1, 0.15) is 0 Å². The minimum Gasteiger partial charge on any atom is -0.475 e. The van der Waals surface area contributed by atoms with Gasteiger partial charge in [-0.15, -0.1) is 24.0 Å². The third-order valence-electron chi connectivity index (χ3n) is 4.92. The summed E-state index contributed by atoms with van der Waals surface area (Å²) < 4.78 is 11.4. The van der Waals surface area contributed by atoms with Gasteiger partial charge < -0.3 is 20.1 Å². The lowest BCUT2D eigenvalue weighted by Crippen LogP contribution is -2.49. The van der Waals surface area contributed by atoms with Gasteiger partial charge in [0, 0.05) is 44.5 Å². The summed E-state index contributed by atoms with van der Waals surface area (Å²) >= 11 is 0. The van der Waals surface area contributed by atoms with Crippen molar-refractivity contribution < 1.29 is 9.47 Å². The van der Waals surface area contributed by atoms with Crippen molar-refractivity contribution in [2.75, 3.05) is 39.4 Å². The number of halogens is 1. The van der Waals surface area contributed by atoms with Gasteiger partial charge in [-0.25, -0.2) is 9.98 Å². The first-order valence-corrected chi connectivity index (χ1v) is 10.9. The number of aliphatic imine (C=N–C) groups is 1. The van der Waals surface area contributed by atoms with Crippen molar-refractivity contribution >= 4 is 29.9 Å². The Morgan fingerprint density at radius 1 is 1.23 bits per heavy atom. The molecule has 1 saturated heterocycles. The Labute approximate surface area is 199 Å². The number of morpholine rings is 1. The Bertz CT molecular complexity index is 623. The van der Waals surface area contributed by atoms with E-state index in [2.05, 4.69) is 55.1 Å². The molecule has 2 rings (SSSR count). The predicted molar refractivity (Wildman–Crippen MR) is 134 cm³/mol. The Balaban J connectivity index is 0.00000450. The van der Waals surface area contributed by atoms with Gasteiger partial charge in [-0.3, -0.25) is 4.90 Å². The van der Waals surface area contributed by atoms with Crippen molar-refractivity contribution in [3.63, 3.8) is 0 Å². The highest BCUT2D eigenvalue weighted by Crippen LogP contribution is 2.15. The zero-order chi connectivity index (χ0) is 21.1. The molecule has 0 spiro atoms. The lowest BCUT2D eigenvalue weighted by Gasteiger charge is -2.32. The molecular formula is C22H40IN5O2. The number of hydrogen-bond donors (Lipinski definition) is 2. The molecule has 0 aliphatic carbocycles. The van der Waals surface area contributed by atoms with E-state index >= 15 is 0 Å². The molecule has 7 nitrogen and oxygen atoms in total. The van der Waals surface area contributed by atoms with E-state index in [-0.39, 0.29) is 30.1 Å². The van der Waals surface area contributed by atoms with Crippen LogP contribution < -0.4 is 15.4 Å². The van der Waals surface area contributed by atoms with Gasteiger partial charge in [0.2, 0.25) is 5.88 Å². The van der Waals surface area contributed by atoms with Crippen LogP contribution in [0.25, 0.3) is 0 Å². The van der Waals surface area contributed by atoms with Crippen LogP contribution in [0.15, 0.2) is 23.3 Å². The van der Waals surface area contributed by atoms with E-state index in [1.54, 1.807) is 6.20 Å². The van der Waals surface area contributed by atoms with E-state index in [0.29, 0.717) is 24.4 Å². The number of rotatable bonds is 10. The second kappa shape index (κ2) is 14.8. The van der Waals surface area contributed by atoms with Gasteiger partial charge in [0.15, 0.2) is 5.96 Å². The SMILES string of the molecule is CCNC(=NCc1ccnc(OC(C)CC(C)C)c1)NCC(C)N1CCOCC1.I. The summed E-state index contributed by atoms with van der Waals surface area (Å²) in [5.41, 5.74) is 1.09. The molecule has 1 aromatic heterocycles. The number of hydrogen-bond acceptors (Lipinski definition) is 5. The van der Waals surface area contributed by atoms with Gasteiger partial charge in [-0.2, -0.15) is 0 Å². The quantitative estimate of drug-likeness (QED) is 0.273. The minimum absolute atomic E-state index is 0. The van der Waals surface area contributed by atoms with Crippen LogP contribution in [0.4, 0.5) is 0 Å². The zero-order valence-electron chi connectivity index (χ0n) is 19.2. The molecule has 1 aromatic rings. The molecular weight excluding hydrogens is 493 g/mol. The highest BCUT2D eigenvalue weighted by molar-refractivity contribution is 14.0. The summed E-state index contributed by atoms with van der Waals surface area (Å²) in [5.74, 6) is 2.11. The van der Waals surface area contributed by atoms with Crippen LogP contribution in [0.2, 0.25) is 0 Å². The van der Waals surface area contributed by atoms with Gasteiger partial charge in [-0.05, 0) is 44.7 Å². The topological polar surface area (TPSA) is 71.0 Å². The van der Waals surface area contributed by atoms with Crippen molar-refractivity contribution in [2.24, 2.45) is 10.9 Å². The number of nitrogens with zero attached hydrogens (tertiary/aromatic N) is 3. The van der Waals surface area contributed by atoms with Gasteiger partial charge in [0.25, 0.3) is 0 Å². The van der Waals surface area contributed by atoms with Crippen LogP contribution in [0.3, 0.4) is 0 Å². The van der Waals surface area contributed by atoms with E-state index in [4.69, 9.17) is 14.5 Å². The number of ether oxygens (including phenoxy) is 2. The average molecular weight is 533 g/mol. The van der Waals surface area contributed by atoms with Gasteiger partial charge >= 0.3 is 0 Å². The molecule has 8 heteroatoms. The van der Waals surface area contributed by atoms with Gasteiger partial charge in [-0.1, -0.05) is 13.8 Å². The second-order valence-electron chi connectivity index (χ2n) is 8.13. The summed E-state index contributed by atoms with van der Waals surface area (Å²) in [6, 6.07) is 4.41. The summed E-state index contributed by atoms with van der Waals surface area (Å²) in [4.78, 5) is 11.5. The third kappa shape index (κ3) is 10.3. The van der Waals surface area contributed by atoms with Crippen molar-refractivity contribution in [1.29, 1.82) is 0 Å². The first-order valence-electron chi connectivity index (χ1n) is 10.9. The van der Waals surface area contributed by atoms with Crippen molar-refractivity contribution in [3.8, 4) is 5.88 Å². The maximum absolute atomic E-state index is 5.96. The molecule has 2 unspecified atom stereocenters. The Hall–Kier alpha value is -1.13. The minimum atomic E-state index is 0. The molecule has 0 aromatic carbocycles. The molecule has 0 radical (unpaired) electrons. The first-order chi connectivity index (χ1) is 14.0. The summed E-state index contributed by atoms with van der Waals surface area (Å²) in [7, 11) is 0. The number of nitrogens with one attached hydrogen (secondary N) is 2. The van der Waals surface area contributed by atoms with Crippen molar-refractivity contribution in [2.45, 2.75) is 59.7 Å². The monoisotopic (exact) mass is 533 g/mol. The standard InChI is InChI=1S/C22H39N5O2.HI/c1-6-23-22(25-15-18(4)27-9-11-28-12-10-27)26-16-20-7-8-24-21(14-20)29-19(5)13-17(2)3;/h7-8,14,17-19H,6,9-13,15-16H2,1-5H3,(H2,23,25,26);1H. The largest absolute Gasteiger partial charge is 0.475 e. The molecule has 30 heavy (non-hydrogen) atoms. The molecule has 1 fully saturated rings. The summed E-state index contributed by atoms with van der Waals surface area (Å²) in [6.45, 7) is 16.7. The van der Waals surface area contributed by atoms with Crippen LogP contribution in [0.5, 0.6) is 5.88 Å².